The van der Waals surface area contributed by atoms with Gasteiger partial charge < -0.3 is 30.2 Å². The predicted octanol–water partition coefficient (Wildman–Crippen LogP) is -1.22. The highest BCUT2D eigenvalue weighted by Gasteiger charge is 2.41. The Kier molecular flexibility index (Phi) is 5.29. The van der Waals surface area contributed by atoms with E-state index in [1.165, 1.54) is 7.11 Å². The van der Waals surface area contributed by atoms with Crippen molar-refractivity contribution in [1.29, 1.82) is 0 Å². The van der Waals surface area contributed by atoms with E-state index >= 15 is 0 Å². The molecule has 0 bridgehead atoms. The van der Waals surface area contributed by atoms with Gasteiger partial charge in [-0.3, -0.25) is 0 Å². The first-order chi connectivity index (χ1) is 7.97. The molecule has 17 heavy (non-hydrogen) atoms. The Hall–Kier alpha value is -0.730. The number of ether oxygens (including phenoxy) is 3. The number of carbonyl (C=O) groups is 1. The third-order valence-corrected chi connectivity index (χ3v) is 2.88. The number of carboxylic acids is 1. The van der Waals surface area contributed by atoms with Crippen molar-refractivity contribution in [3.63, 3.8) is 0 Å². The Morgan fingerprint density at radius 2 is 2.18 bits per heavy atom. The van der Waals surface area contributed by atoms with Crippen molar-refractivity contribution in [2.75, 3.05) is 20.3 Å². The lowest BCUT2D eigenvalue weighted by molar-refractivity contribution is -0.243. The van der Waals surface area contributed by atoms with Crippen LogP contribution in [0.3, 0.4) is 0 Å². The molecule has 5 unspecified atom stereocenters. The largest absolute Gasteiger partial charge is 0.480 e. The van der Waals surface area contributed by atoms with Crippen molar-refractivity contribution in [3.05, 3.63) is 0 Å². The van der Waals surface area contributed by atoms with Gasteiger partial charge in [0.15, 0.2) is 6.29 Å². The van der Waals surface area contributed by atoms with Crippen LogP contribution in [0.2, 0.25) is 0 Å². The van der Waals surface area contributed by atoms with E-state index in [0.29, 0.717) is 0 Å². The maximum Gasteiger partial charge on any atom is 0.329 e. The monoisotopic (exact) mass is 249 g/mol. The normalized spacial score (nSPS) is 38.0. The molecule has 1 heterocycles. The first-order valence-electron chi connectivity index (χ1n) is 5.38. The van der Waals surface area contributed by atoms with E-state index in [1.807, 2.05) is 0 Å². The molecule has 1 aliphatic heterocycles. The smallest absolute Gasteiger partial charge is 0.329 e. The van der Waals surface area contributed by atoms with Crippen LogP contribution in [0.1, 0.15) is 6.92 Å². The van der Waals surface area contributed by atoms with Crippen LogP contribution in [0.25, 0.3) is 0 Å². The second-order valence-electron chi connectivity index (χ2n) is 4.11. The number of carboxylic acid groups (broad SMARTS) is 1. The lowest BCUT2D eigenvalue weighted by atomic mass is 9.90. The third-order valence-electron chi connectivity index (χ3n) is 2.88. The van der Waals surface area contributed by atoms with Gasteiger partial charge in [-0.05, 0) is 0 Å². The fraction of sp³-hybridized carbons (Fsp3) is 0.900. The molecule has 1 fully saturated rings. The average Bonchev–Trinajstić information content (AvgIpc) is 2.29. The summed E-state index contributed by atoms with van der Waals surface area (Å²) in [5.74, 6) is -1.29. The van der Waals surface area contributed by atoms with Crippen LogP contribution in [0, 0.1) is 5.92 Å². The van der Waals surface area contributed by atoms with E-state index in [9.17, 15) is 9.90 Å². The minimum absolute atomic E-state index is 0.0805. The van der Waals surface area contributed by atoms with E-state index in [2.05, 4.69) is 0 Å². The second-order valence-corrected chi connectivity index (χ2v) is 4.11. The summed E-state index contributed by atoms with van der Waals surface area (Å²) in [5, 5.41) is 18.3. The van der Waals surface area contributed by atoms with Gasteiger partial charge in [-0.25, -0.2) is 4.79 Å². The fourth-order valence-corrected chi connectivity index (χ4v) is 1.78. The molecular weight excluding hydrogens is 230 g/mol. The SMILES string of the molecule is COC1OC(COCC(=O)O)C(C)C(O)C1N. The van der Waals surface area contributed by atoms with Gasteiger partial charge in [-0.2, -0.15) is 0 Å². The molecule has 0 aromatic heterocycles. The summed E-state index contributed by atoms with van der Waals surface area (Å²) in [4.78, 5) is 10.3. The Balaban J connectivity index is 2.50. The van der Waals surface area contributed by atoms with Gasteiger partial charge in [0.05, 0.1) is 24.9 Å². The molecule has 1 aliphatic rings. The summed E-state index contributed by atoms with van der Waals surface area (Å²) in [6.07, 6.45) is -1.92. The molecule has 5 atom stereocenters. The lowest BCUT2D eigenvalue weighted by Crippen LogP contribution is -2.59. The quantitative estimate of drug-likeness (QED) is 0.560. The van der Waals surface area contributed by atoms with Gasteiger partial charge in [-0.15, -0.1) is 0 Å². The predicted molar refractivity (Wildman–Crippen MR) is 57.3 cm³/mol. The molecule has 0 saturated carbocycles. The van der Waals surface area contributed by atoms with Crippen LogP contribution in [0.15, 0.2) is 0 Å². The van der Waals surface area contributed by atoms with Gasteiger partial charge in [0.25, 0.3) is 0 Å². The van der Waals surface area contributed by atoms with Crippen LogP contribution >= 0.6 is 0 Å². The first kappa shape index (κ1) is 14.3. The summed E-state index contributed by atoms with van der Waals surface area (Å²) in [5.41, 5.74) is 5.73. The standard InChI is InChI=1S/C10H19NO6/c1-5-6(3-16-4-7(12)13)17-10(15-2)8(11)9(5)14/h5-6,8-10,14H,3-4,11H2,1-2H3,(H,12,13). The van der Waals surface area contributed by atoms with Crippen molar-refractivity contribution in [3.8, 4) is 0 Å². The number of rotatable bonds is 5. The second kappa shape index (κ2) is 6.27. The van der Waals surface area contributed by atoms with Crippen molar-refractivity contribution in [1.82, 2.24) is 0 Å². The minimum Gasteiger partial charge on any atom is -0.480 e. The molecule has 0 aromatic rings. The molecule has 0 aromatic carbocycles. The highest BCUT2D eigenvalue weighted by molar-refractivity contribution is 5.67. The Morgan fingerprint density at radius 1 is 1.53 bits per heavy atom. The maximum absolute atomic E-state index is 10.3. The van der Waals surface area contributed by atoms with Gasteiger partial charge in [-0.1, -0.05) is 6.92 Å². The van der Waals surface area contributed by atoms with E-state index in [0.717, 1.165) is 0 Å². The molecule has 100 valence electrons. The summed E-state index contributed by atoms with van der Waals surface area (Å²) in [6.45, 7) is 1.45. The average molecular weight is 249 g/mol. The summed E-state index contributed by atoms with van der Waals surface area (Å²) in [6, 6.07) is -0.620. The number of aliphatic carboxylic acids is 1. The van der Waals surface area contributed by atoms with E-state index in [-0.39, 0.29) is 12.5 Å². The van der Waals surface area contributed by atoms with E-state index < -0.39 is 37.1 Å². The number of hydrogen-bond donors (Lipinski definition) is 3. The summed E-state index contributed by atoms with van der Waals surface area (Å²) < 4.78 is 15.4. The van der Waals surface area contributed by atoms with E-state index in [1.54, 1.807) is 6.92 Å². The fourth-order valence-electron chi connectivity index (χ4n) is 1.78. The van der Waals surface area contributed by atoms with Crippen LogP contribution in [-0.4, -0.2) is 61.0 Å². The van der Waals surface area contributed by atoms with Crippen molar-refractivity contribution in [2.45, 2.75) is 31.5 Å². The number of hydrogen-bond acceptors (Lipinski definition) is 6. The third kappa shape index (κ3) is 3.62. The molecule has 7 heteroatoms. The van der Waals surface area contributed by atoms with Gasteiger partial charge >= 0.3 is 5.97 Å². The molecule has 4 N–H and O–H groups in total. The molecule has 1 rings (SSSR count). The van der Waals surface area contributed by atoms with Crippen LogP contribution in [0.4, 0.5) is 0 Å². The molecular formula is C10H19NO6. The topological polar surface area (TPSA) is 111 Å². The molecule has 0 aliphatic carbocycles. The molecule has 0 radical (unpaired) electrons. The van der Waals surface area contributed by atoms with Crippen molar-refractivity contribution >= 4 is 5.97 Å². The van der Waals surface area contributed by atoms with E-state index in [4.69, 9.17) is 25.1 Å². The molecule has 7 nitrogen and oxygen atoms in total. The summed E-state index contributed by atoms with van der Waals surface area (Å²) >= 11 is 0. The zero-order valence-electron chi connectivity index (χ0n) is 9.91. The number of methoxy groups -OCH3 is 1. The van der Waals surface area contributed by atoms with Gasteiger partial charge in [0.2, 0.25) is 0 Å². The van der Waals surface area contributed by atoms with Crippen LogP contribution in [0.5, 0.6) is 0 Å². The van der Waals surface area contributed by atoms with Crippen LogP contribution < -0.4 is 5.73 Å². The maximum atomic E-state index is 10.3. The molecule has 0 spiro atoms. The molecule has 1 saturated heterocycles. The van der Waals surface area contributed by atoms with Gasteiger partial charge in [0, 0.05) is 13.0 Å². The number of aliphatic hydroxyl groups excluding tert-OH is 1. The highest BCUT2D eigenvalue weighted by Crippen LogP contribution is 2.25. The van der Waals surface area contributed by atoms with Crippen molar-refractivity contribution in [2.24, 2.45) is 11.7 Å². The Morgan fingerprint density at radius 3 is 2.71 bits per heavy atom. The lowest BCUT2D eigenvalue weighted by Gasteiger charge is -2.41. The summed E-state index contributed by atoms with van der Waals surface area (Å²) in [7, 11) is 1.43. The van der Waals surface area contributed by atoms with Crippen molar-refractivity contribution < 1.29 is 29.2 Å². The Bertz CT molecular complexity index is 259. The zero-order valence-corrected chi connectivity index (χ0v) is 9.91. The number of nitrogens with two attached hydrogens (primary N) is 1. The Labute approximate surface area is 99.4 Å². The number of aliphatic hydroxyl groups is 1. The highest BCUT2D eigenvalue weighted by atomic mass is 16.7. The minimum atomic E-state index is -1.05. The molecule has 0 amide bonds. The zero-order chi connectivity index (χ0) is 13.0. The first-order valence-corrected chi connectivity index (χ1v) is 5.38. The van der Waals surface area contributed by atoms with Gasteiger partial charge in [0.1, 0.15) is 6.61 Å². The van der Waals surface area contributed by atoms with Crippen LogP contribution in [-0.2, 0) is 19.0 Å².